The molecule has 100 valence electrons. The van der Waals surface area contributed by atoms with Crippen molar-refractivity contribution in [3.8, 4) is 0 Å². The fourth-order valence-corrected chi connectivity index (χ4v) is 2.22. The molecule has 0 spiro atoms. The van der Waals surface area contributed by atoms with E-state index in [2.05, 4.69) is 6.92 Å². The Bertz CT molecular complexity index is 640. The minimum absolute atomic E-state index is 0.0391. The molecule has 0 saturated carbocycles. The van der Waals surface area contributed by atoms with Gasteiger partial charge in [-0.2, -0.15) is 0 Å². The maximum atomic E-state index is 11.7. The molecule has 0 atom stereocenters. The van der Waals surface area contributed by atoms with Gasteiger partial charge in [-0.25, -0.2) is 4.79 Å². The second-order valence-corrected chi connectivity index (χ2v) is 4.68. The molecule has 0 aliphatic heterocycles. The fourth-order valence-electron chi connectivity index (χ4n) is 2.22. The molecule has 0 radical (unpaired) electrons. The van der Waals surface area contributed by atoms with E-state index >= 15 is 0 Å². The average molecular weight is 259 g/mol. The van der Waals surface area contributed by atoms with Gasteiger partial charge >= 0.3 is 5.97 Å². The Morgan fingerprint density at radius 2 is 2.05 bits per heavy atom. The highest BCUT2D eigenvalue weighted by atomic mass is 16.4. The van der Waals surface area contributed by atoms with Gasteiger partial charge in [0.05, 0.1) is 5.56 Å². The molecule has 0 unspecified atom stereocenters. The Hall–Kier alpha value is -2.10. The number of carbonyl (C=O) groups is 2. The van der Waals surface area contributed by atoms with E-state index in [9.17, 15) is 9.59 Å². The Labute approximate surface area is 111 Å². The normalized spacial score (nSPS) is 10.8. The minimum Gasteiger partial charge on any atom is -0.478 e. The highest BCUT2D eigenvalue weighted by Crippen LogP contribution is 2.24. The van der Waals surface area contributed by atoms with E-state index in [4.69, 9.17) is 5.11 Å². The minimum atomic E-state index is -0.974. The molecule has 0 aliphatic rings. The Morgan fingerprint density at radius 1 is 1.32 bits per heavy atom. The number of carbonyl (C=O) groups excluding carboxylic acids is 1. The first kappa shape index (κ1) is 13.3. The third-order valence-corrected chi connectivity index (χ3v) is 3.26. The van der Waals surface area contributed by atoms with Crippen LogP contribution in [0.4, 0.5) is 0 Å². The van der Waals surface area contributed by atoms with Gasteiger partial charge in [0.1, 0.15) is 0 Å². The predicted molar refractivity (Wildman–Crippen MR) is 73.8 cm³/mol. The number of aromatic carboxylic acids is 1. The molecule has 0 aliphatic carbocycles. The molecule has 2 rings (SSSR count). The average Bonchev–Trinajstić information content (AvgIpc) is 2.74. The van der Waals surface area contributed by atoms with Crippen LogP contribution in [0.1, 0.15) is 47.4 Å². The van der Waals surface area contributed by atoms with Crippen LogP contribution in [0.5, 0.6) is 0 Å². The highest BCUT2D eigenvalue weighted by Gasteiger charge is 2.14. The van der Waals surface area contributed by atoms with E-state index in [-0.39, 0.29) is 11.3 Å². The number of benzene rings is 1. The van der Waals surface area contributed by atoms with Crippen LogP contribution in [0.2, 0.25) is 0 Å². The quantitative estimate of drug-likeness (QED) is 0.838. The molecule has 1 N–H and O–H groups in total. The van der Waals surface area contributed by atoms with Crippen molar-refractivity contribution in [1.29, 1.82) is 0 Å². The third-order valence-electron chi connectivity index (χ3n) is 3.26. The van der Waals surface area contributed by atoms with Gasteiger partial charge in [0.25, 0.3) is 0 Å². The van der Waals surface area contributed by atoms with Crippen molar-refractivity contribution in [2.45, 2.75) is 33.2 Å². The summed E-state index contributed by atoms with van der Waals surface area (Å²) in [5.41, 5.74) is 1.72. The summed E-state index contributed by atoms with van der Waals surface area (Å²) < 4.78 is 2.03. The molecule has 1 aromatic carbocycles. The first-order valence-corrected chi connectivity index (χ1v) is 6.41. The molecule has 2 aromatic rings. The van der Waals surface area contributed by atoms with Crippen LogP contribution in [-0.4, -0.2) is 21.4 Å². The van der Waals surface area contributed by atoms with Gasteiger partial charge in [-0.15, -0.1) is 0 Å². The first-order chi connectivity index (χ1) is 9.04. The maximum absolute atomic E-state index is 11.7. The summed E-state index contributed by atoms with van der Waals surface area (Å²) in [5, 5.41) is 9.76. The lowest BCUT2D eigenvalue weighted by Gasteiger charge is -2.03. The highest BCUT2D eigenvalue weighted by molar-refractivity contribution is 6.08. The van der Waals surface area contributed by atoms with Crippen molar-refractivity contribution < 1.29 is 14.7 Å². The number of rotatable bonds is 5. The first-order valence-electron chi connectivity index (χ1n) is 6.41. The Morgan fingerprint density at radius 3 is 2.63 bits per heavy atom. The molecule has 0 fully saturated rings. The Kier molecular flexibility index (Phi) is 3.69. The van der Waals surface area contributed by atoms with Gasteiger partial charge in [0.2, 0.25) is 0 Å². The van der Waals surface area contributed by atoms with E-state index in [1.807, 2.05) is 10.8 Å². The summed E-state index contributed by atoms with van der Waals surface area (Å²) in [5.74, 6) is -1.01. The van der Waals surface area contributed by atoms with Crippen molar-refractivity contribution in [1.82, 2.24) is 4.57 Å². The number of hydrogen-bond acceptors (Lipinski definition) is 2. The summed E-state index contributed by atoms with van der Waals surface area (Å²) in [7, 11) is 0. The van der Waals surface area contributed by atoms with Crippen LogP contribution in [0.15, 0.2) is 24.4 Å². The molecule has 19 heavy (non-hydrogen) atoms. The zero-order chi connectivity index (χ0) is 14.0. The standard InChI is InChI=1S/C15H17NO3/c1-3-4-7-16-9-13(10(2)17)12-8-11(15(18)19)5-6-14(12)16/h5-6,8-9H,3-4,7H2,1-2H3,(H,18,19). The van der Waals surface area contributed by atoms with Crippen LogP contribution in [0, 0.1) is 0 Å². The van der Waals surface area contributed by atoms with Crippen LogP contribution in [0.25, 0.3) is 10.9 Å². The molecule has 1 aromatic heterocycles. The van der Waals surface area contributed by atoms with Crippen molar-refractivity contribution in [2.75, 3.05) is 0 Å². The number of carboxylic acids is 1. The van der Waals surface area contributed by atoms with E-state index < -0.39 is 5.97 Å². The zero-order valence-corrected chi connectivity index (χ0v) is 11.1. The van der Waals surface area contributed by atoms with Crippen molar-refractivity contribution in [2.24, 2.45) is 0 Å². The third kappa shape index (κ3) is 2.52. The number of nitrogens with zero attached hydrogens (tertiary/aromatic N) is 1. The van der Waals surface area contributed by atoms with Gasteiger partial charge in [0.15, 0.2) is 5.78 Å². The smallest absolute Gasteiger partial charge is 0.335 e. The van der Waals surface area contributed by atoms with E-state index in [0.717, 1.165) is 30.3 Å². The number of hydrogen-bond donors (Lipinski definition) is 1. The fraction of sp³-hybridized carbons (Fsp3) is 0.333. The predicted octanol–water partition coefficient (Wildman–Crippen LogP) is 3.34. The summed E-state index contributed by atoms with van der Waals surface area (Å²) in [4.78, 5) is 22.7. The zero-order valence-electron chi connectivity index (χ0n) is 11.1. The Balaban J connectivity index is 2.61. The van der Waals surface area contributed by atoms with E-state index in [0.29, 0.717) is 5.56 Å². The molecule has 0 saturated heterocycles. The number of aryl methyl sites for hydroxylation is 1. The molecular weight excluding hydrogens is 242 g/mol. The second-order valence-electron chi connectivity index (χ2n) is 4.68. The van der Waals surface area contributed by atoms with Crippen LogP contribution >= 0.6 is 0 Å². The molecule has 1 heterocycles. The summed E-state index contributed by atoms with van der Waals surface area (Å²) >= 11 is 0. The van der Waals surface area contributed by atoms with Gasteiger partial charge in [-0.05, 0) is 31.5 Å². The summed E-state index contributed by atoms with van der Waals surface area (Å²) in [6, 6.07) is 4.94. The number of Topliss-reactive ketones (excluding diaryl/α,β-unsaturated/α-hetero) is 1. The van der Waals surface area contributed by atoms with Crippen LogP contribution in [0.3, 0.4) is 0 Å². The van der Waals surface area contributed by atoms with Gasteiger partial charge < -0.3 is 9.67 Å². The van der Waals surface area contributed by atoms with Crippen LogP contribution < -0.4 is 0 Å². The number of unbranched alkanes of at least 4 members (excludes halogenated alkanes) is 1. The SMILES string of the molecule is CCCCn1cc(C(C)=O)c2cc(C(=O)O)ccc21. The number of ketones is 1. The molecular formula is C15H17NO3. The number of carboxylic acid groups (broad SMARTS) is 1. The maximum Gasteiger partial charge on any atom is 0.335 e. The van der Waals surface area contributed by atoms with Gasteiger partial charge in [-0.3, -0.25) is 4.79 Å². The lowest BCUT2D eigenvalue weighted by molar-refractivity contribution is 0.0696. The summed E-state index contributed by atoms with van der Waals surface area (Å²) in [6.07, 6.45) is 3.93. The molecule has 0 amide bonds. The topological polar surface area (TPSA) is 59.3 Å². The largest absolute Gasteiger partial charge is 0.478 e. The second kappa shape index (κ2) is 5.26. The monoisotopic (exact) mass is 259 g/mol. The van der Waals surface area contributed by atoms with Crippen molar-refractivity contribution >= 4 is 22.7 Å². The van der Waals surface area contributed by atoms with E-state index in [1.54, 1.807) is 18.2 Å². The van der Waals surface area contributed by atoms with E-state index in [1.165, 1.54) is 6.92 Å². The molecule has 4 nitrogen and oxygen atoms in total. The summed E-state index contributed by atoms with van der Waals surface area (Å²) in [6.45, 7) is 4.46. The number of aromatic nitrogens is 1. The lowest BCUT2D eigenvalue weighted by atomic mass is 10.1. The molecule has 0 bridgehead atoms. The van der Waals surface area contributed by atoms with Gasteiger partial charge in [-0.1, -0.05) is 13.3 Å². The van der Waals surface area contributed by atoms with Gasteiger partial charge in [0, 0.05) is 29.2 Å². The van der Waals surface area contributed by atoms with Crippen LogP contribution in [-0.2, 0) is 6.54 Å². The molecule has 4 heteroatoms. The van der Waals surface area contributed by atoms with Crippen molar-refractivity contribution in [3.05, 3.63) is 35.5 Å². The van der Waals surface area contributed by atoms with Crippen molar-refractivity contribution in [3.63, 3.8) is 0 Å². The number of fused-ring (bicyclic) bond motifs is 1. The lowest BCUT2D eigenvalue weighted by Crippen LogP contribution is -1.97.